The predicted molar refractivity (Wildman–Crippen MR) is 102 cm³/mol. The van der Waals surface area contributed by atoms with Crippen molar-refractivity contribution in [3.63, 3.8) is 0 Å². The van der Waals surface area contributed by atoms with Crippen molar-refractivity contribution in [2.75, 3.05) is 36.8 Å². The van der Waals surface area contributed by atoms with Gasteiger partial charge in [0.05, 0.1) is 16.8 Å². The van der Waals surface area contributed by atoms with E-state index in [0.29, 0.717) is 16.6 Å². The minimum Gasteiger partial charge on any atom is -0.477 e. The Morgan fingerprint density at radius 3 is 2.60 bits per heavy atom. The van der Waals surface area contributed by atoms with Crippen molar-refractivity contribution in [3.05, 3.63) is 17.1 Å². The molecule has 0 radical (unpaired) electrons. The van der Waals surface area contributed by atoms with Crippen LogP contribution in [0.2, 0.25) is 0 Å². The zero-order valence-electron chi connectivity index (χ0n) is 14.3. The van der Waals surface area contributed by atoms with Gasteiger partial charge in [0.2, 0.25) is 0 Å². The fourth-order valence-electron chi connectivity index (χ4n) is 4.21. The van der Waals surface area contributed by atoms with Crippen molar-refractivity contribution in [2.45, 2.75) is 38.1 Å². The summed E-state index contributed by atoms with van der Waals surface area (Å²) in [6.45, 7) is 4.45. The molecule has 0 atom stereocenters. The molecular formula is C18H24N4O2S. The van der Waals surface area contributed by atoms with Crippen LogP contribution in [0.3, 0.4) is 0 Å². The first-order chi connectivity index (χ1) is 12.1. The van der Waals surface area contributed by atoms with Gasteiger partial charge in [-0.3, -0.25) is 0 Å². The third-order valence-corrected chi connectivity index (χ3v) is 6.61. The Morgan fingerprint density at radius 1 is 1.20 bits per heavy atom. The van der Waals surface area contributed by atoms with E-state index in [2.05, 4.69) is 14.8 Å². The maximum atomic E-state index is 11.4. The van der Waals surface area contributed by atoms with Crippen LogP contribution in [0.15, 0.2) is 12.3 Å². The maximum Gasteiger partial charge on any atom is 0.348 e. The number of rotatable bonds is 3. The second kappa shape index (κ2) is 6.80. The highest BCUT2D eigenvalue weighted by Crippen LogP contribution is 2.39. The topological polar surface area (TPSA) is 82.7 Å². The lowest BCUT2D eigenvalue weighted by molar-refractivity contribution is 0.0703. The summed E-state index contributed by atoms with van der Waals surface area (Å²) >= 11 is 1.16. The van der Waals surface area contributed by atoms with Crippen molar-refractivity contribution in [3.8, 4) is 0 Å². The standard InChI is InChI=1S/C18H24N4O2S/c19-15-14-13(4-7-20-17(14)25-16(15)18(23)24)22-10-5-12(6-11-22)21-8-2-1-3-9-21/h4,7,12H,1-3,5-6,8-11,19H2,(H,23,24). The normalized spacial score (nSPS) is 20.2. The number of anilines is 2. The molecule has 4 rings (SSSR count). The molecule has 0 saturated carbocycles. The van der Waals surface area contributed by atoms with Gasteiger partial charge in [-0.05, 0) is 44.8 Å². The van der Waals surface area contributed by atoms with Gasteiger partial charge in [0.1, 0.15) is 9.71 Å². The Balaban J connectivity index is 1.56. The van der Waals surface area contributed by atoms with Gasteiger partial charge in [0, 0.05) is 25.3 Å². The number of likely N-dealkylation sites (tertiary alicyclic amines) is 1. The van der Waals surface area contributed by atoms with E-state index < -0.39 is 5.97 Å². The second-order valence-corrected chi connectivity index (χ2v) is 7.97. The molecule has 0 aliphatic carbocycles. The van der Waals surface area contributed by atoms with E-state index in [1.807, 2.05) is 6.07 Å². The Hall–Kier alpha value is -1.86. The molecule has 2 aromatic heterocycles. The molecule has 0 bridgehead atoms. The molecule has 4 heterocycles. The van der Waals surface area contributed by atoms with E-state index >= 15 is 0 Å². The minimum absolute atomic E-state index is 0.193. The number of fused-ring (bicyclic) bond motifs is 1. The molecule has 6 nitrogen and oxygen atoms in total. The minimum atomic E-state index is -0.977. The summed E-state index contributed by atoms with van der Waals surface area (Å²) in [6.07, 6.45) is 8.09. The second-order valence-electron chi connectivity index (χ2n) is 6.98. The first kappa shape index (κ1) is 16.6. The zero-order chi connectivity index (χ0) is 17.4. The number of hydrogen-bond acceptors (Lipinski definition) is 6. The number of thiophene rings is 1. The lowest BCUT2D eigenvalue weighted by Crippen LogP contribution is -2.46. The van der Waals surface area contributed by atoms with Crippen LogP contribution < -0.4 is 10.6 Å². The number of nitrogen functional groups attached to an aromatic ring is 1. The number of nitrogens with zero attached hydrogens (tertiary/aromatic N) is 3. The quantitative estimate of drug-likeness (QED) is 0.875. The third kappa shape index (κ3) is 3.06. The highest BCUT2D eigenvalue weighted by Gasteiger charge is 2.27. The molecule has 2 aliphatic rings. The lowest BCUT2D eigenvalue weighted by Gasteiger charge is -2.41. The molecule has 7 heteroatoms. The lowest BCUT2D eigenvalue weighted by atomic mass is 9.99. The number of pyridine rings is 1. The van der Waals surface area contributed by atoms with E-state index in [4.69, 9.17) is 5.73 Å². The molecule has 0 aromatic carbocycles. The smallest absolute Gasteiger partial charge is 0.348 e. The largest absolute Gasteiger partial charge is 0.477 e. The first-order valence-electron chi connectivity index (χ1n) is 9.04. The summed E-state index contributed by atoms with van der Waals surface area (Å²) < 4.78 is 0. The van der Waals surface area contributed by atoms with Crippen LogP contribution in [0, 0.1) is 0 Å². The van der Waals surface area contributed by atoms with Crippen molar-refractivity contribution in [1.82, 2.24) is 9.88 Å². The van der Waals surface area contributed by atoms with Crippen LogP contribution in [-0.4, -0.2) is 53.2 Å². The number of aromatic carboxylic acids is 1. The van der Waals surface area contributed by atoms with E-state index in [-0.39, 0.29) is 4.88 Å². The summed E-state index contributed by atoms with van der Waals surface area (Å²) in [4.78, 5) is 21.6. The Morgan fingerprint density at radius 2 is 1.92 bits per heavy atom. The first-order valence-corrected chi connectivity index (χ1v) is 9.86. The Labute approximate surface area is 151 Å². The molecule has 2 aliphatic heterocycles. The Bertz CT molecular complexity index is 777. The molecule has 0 amide bonds. The van der Waals surface area contributed by atoms with Gasteiger partial charge in [-0.15, -0.1) is 11.3 Å². The van der Waals surface area contributed by atoms with E-state index in [1.165, 1.54) is 32.4 Å². The molecule has 3 N–H and O–H groups in total. The maximum absolute atomic E-state index is 11.4. The molecule has 25 heavy (non-hydrogen) atoms. The Kier molecular flexibility index (Phi) is 4.52. The van der Waals surface area contributed by atoms with Crippen molar-refractivity contribution in [2.24, 2.45) is 0 Å². The number of aromatic nitrogens is 1. The van der Waals surface area contributed by atoms with E-state index in [9.17, 15) is 9.90 Å². The van der Waals surface area contributed by atoms with Gasteiger partial charge < -0.3 is 20.6 Å². The van der Waals surface area contributed by atoms with Gasteiger partial charge in [0.25, 0.3) is 0 Å². The number of piperidine rings is 2. The van der Waals surface area contributed by atoms with Crippen molar-refractivity contribution < 1.29 is 9.90 Å². The molecule has 2 aromatic rings. The summed E-state index contributed by atoms with van der Waals surface area (Å²) in [5.41, 5.74) is 7.53. The van der Waals surface area contributed by atoms with Crippen molar-refractivity contribution in [1.29, 1.82) is 0 Å². The van der Waals surface area contributed by atoms with Crippen LogP contribution in [0.5, 0.6) is 0 Å². The van der Waals surface area contributed by atoms with Crippen LogP contribution in [0.4, 0.5) is 11.4 Å². The number of carboxylic acids is 1. The molecule has 134 valence electrons. The average Bonchev–Trinajstić information content (AvgIpc) is 3.00. The number of carboxylic acid groups (broad SMARTS) is 1. The summed E-state index contributed by atoms with van der Waals surface area (Å²) in [7, 11) is 0. The van der Waals surface area contributed by atoms with Crippen LogP contribution >= 0.6 is 11.3 Å². The monoisotopic (exact) mass is 360 g/mol. The van der Waals surface area contributed by atoms with Gasteiger partial charge in [-0.25, -0.2) is 9.78 Å². The van der Waals surface area contributed by atoms with Crippen molar-refractivity contribution >= 4 is 38.9 Å². The summed E-state index contributed by atoms with van der Waals surface area (Å²) in [5, 5.41) is 10.1. The highest BCUT2D eigenvalue weighted by molar-refractivity contribution is 7.21. The average molecular weight is 360 g/mol. The van der Waals surface area contributed by atoms with Crippen LogP contribution in [-0.2, 0) is 0 Å². The van der Waals surface area contributed by atoms with Crippen LogP contribution in [0.1, 0.15) is 41.8 Å². The SMILES string of the molecule is Nc1c(C(=O)O)sc2nccc(N3CCC(N4CCCCC4)CC3)c12. The van der Waals surface area contributed by atoms with E-state index in [0.717, 1.165) is 48.3 Å². The molecule has 2 saturated heterocycles. The summed E-state index contributed by atoms with van der Waals surface area (Å²) in [5.74, 6) is -0.977. The zero-order valence-corrected chi connectivity index (χ0v) is 15.1. The fourth-order valence-corrected chi connectivity index (χ4v) is 5.13. The van der Waals surface area contributed by atoms with Gasteiger partial charge in [0.15, 0.2) is 0 Å². The number of hydrogen-bond donors (Lipinski definition) is 2. The highest BCUT2D eigenvalue weighted by atomic mass is 32.1. The molecular weight excluding hydrogens is 336 g/mol. The molecule has 0 unspecified atom stereocenters. The third-order valence-electron chi connectivity index (χ3n) is 5.51. The molecule has 0 spiro atoms. The molecule has 2 fully saturated rings. The summed E-state index contributed by atoms with van der Waals surface area (Å²) in [6, 6.07) is 2.65. The van der Waals surface area contributed by atoms with Gasteiger partial charge in [-0.2, -0.15) is 0 Å². The predicted octanol–water partition coefficient (Wildman–Crippen LogP) is 3.03. The fraction of sp³-hybridized carbons (Fsp3) is 0.556. The van der Waals surface area contributed by atoms with Gasteiger partial charge in [-0.1, -0.05) is 6.42 Å². The van der Waals surface area contributed by atoms with Crippen LogP contribution in [0.25, 0.3) is 10.2 Å². The number of nitrogens with two attached hydrogens (primary N) is 1. The van der Waals surface area contributed by atoms with E-state index in [1.54, 1.807) is 6.20 Å². The van der Waals surface area contributed by atoms with Gasteiger partial charge >= 0.3 is 5.97 Å². The number of carbonyl (C=O) groups is 1.